The van der Waals surface area contributed by atoms with Crippen LogP contribution in [0.25, 0.3) is 0 Å². The number of hydrogen-bond acceptors (Lipinski definition) is 2. The van der Waals surface area contributed by atoms with Gasteiger partial charge in [0.25, 0.3) is 0 Å². The van der Waals surface area contributed by atoms with Gasteiger partial charge in [-0.15, -0.1) is 0 Å². The Morgan fingerprint density at radius 3 is 2.35 bits per heavy atom. The molecule has 1 aromatic heterocycles. The number of rotatable bonds is 6. The van der Waals surface area contributed by atoms with Gasteiger partial charge in [0.2, 0.25) is 5.91 Å². The van der Waals surface area contributed by atoms with Gasteiger partial charge in [0.15, 0.2) is 0 Å². The van der Waals surface area contributed by atoms with Crippen LogP contribution in [0.5, 0.6) is 0 Å². The molecule has 1 heterocycles. The lowest BCUT2D eigenvalue weighted by Crippen LogP contribution is -2.15. The number of benzene rings is 1. The number of amides is 1. The first-order valence-electron chi connectivity index (χ1n) is 7.17. The molecule has 0 fully saturated rings. The minimum atomic E-state index is 0.0389. The number of anilines is 1. The van der Waals surface area contributed by atoms with Gasteiger partial charge in [-0.05, 0) is 36.1 Å². The summed E-state index contributed by atoms with van der Waals surface area (Å²) in [7, 11) is 0. The molecule has 0 bridgehead atoms. The Morgan fingerprint density at radius 1 is 1.10 bits per heavy atom. The normalized spacial score (nSPS) is 10.5. The van der Waals surface area contributed by atoms with E-state index >= 15 is 0 Å². The van der Waals surface area contributed by atoms with Gasteiger partial charge < -0.3 is 9.73 Å². The number of furan rings is 1. The maximum absolute atomic E-state index is 12.1. The minimum Gasteiger partial charge on any atom is -0.469 e. The van der Waals surface area contributed by atoms with E-state index in [1.165, 1.54) is 11.1 Å². The van der Waals surface area contributed by atoms with Crippen molar-refractivity contribution in [3.8, 4) is 0 Å². The second-order valence-electron chi connectivity index (χ2n) is 4.79. The highest BCUT2D eigenvalue weighted by atomic mass is 16.3. The second-order valence-corrected chi connectivity index (χ2v) is 4.79. The van der Waals surface area contributed by atoms with Gasteiger partial charge in [0.05, 0.1) is 6.26 Å². The Hall–Kier alpha value is -2.03. The lowest BCUT2D eigenvalue weighted by Gasteiger charge is -2.14. The highest BCUT2D eigenvalue weighted by Gasteiger charge is 2.10. The summed E-state index contributed by atoms with van der Waals surface area (Å²) in [6.45, 7) is 4.21. The molecule has 2 rings (SSSR count). The van der Waals surface area contributed by atoms with Gasteiger partial charge in [-0.3, -0.25) is 4.79 Å². The third-order valence-electron chi connectivity index (χ3n) is 3.44. The van der Waals surface area contributed by atoms with Crippen LogP contribution in [0.1, 0.15) is 37.2 Å². The number of para-hydroxylation sites is 1. The van der Waals surface area contributed by atoms with Gasteiger partial charge in [0, 0.05) is 18.5 Å². The smallest absolute Gasteiger partial charge is 0.224 e. The van der Waals surface area contributed by atoms with Gasteiger partial charge in [-0.25, -0.2) is 0 Å². The van der Waals surface area contributed by atoms with Crippen LogP contribution in [0.15, 0.2) is 41.0 Å². The van der Waals surface area contributed by atoms with Crippen LogP contribution in [0.2, 0.25) is 0 Å². The lowest BCUT2D eigenvalue weighted by molar-refractivity contribution is -0.116. The number of nitrogens with one attached hydrogen (secondary N) is 1. The van der Waals surface area contributed by atoms with Crippen molar-refractivity contribution in [2.75, 3.05) is 5.32 Å². The van der Waals surface area contributed by atoms with Crippen molar-refractivity contribution in [1.82, 2.24) is 0 Å². The Kier molecular flexibility index (Phi) is 4.99. The van der Waals surface area contributed by atoms with E-state index in [0.717, 1.165) is 24.3 Å². The molecule has 0 aliphatic heterocycles. The molecule has 20 heavy (non-hydrogen) atoms. The quantitative estimate of drug-likeness (QED) is 0.863. The molecule has 0 aliphatic rings. The lowest BCUT2D eigenvalue weighted by atomic mass is 10.0. The van der Waals surface area contributed by atoms with E-state index in [1.54, 1.807) is 6.26 Å². The first kappa shape index (κ1) is 14.4. The van der Waals surface area contributed by atoms with Crippen LogP contribution in [0, 0.1) is 0 Å². The van der Waals surface area contributed by atoms with Crippen molar-refractivity contribution < 1.29 is 9.21 Å². The third kappa shape index (κ3) is 3.50. The monoisotopic (exact) mass is 271 g/mol. The zero-order valence-corrected chi connectivity index (χ0v) is 12.1. The predicted molar refractivity (Wildman–Crippen MR) is 80.9 cm³/mol. The van der Waals surface area contributed by atoms with Gasteiger partial charge in [0.1, 0.15) is 5.76 Å². The van der Waals surface area contributed by atoms with Gasteiger partial charge in [-0.1, -0.05) is 32.0 Å². The van der Waals surface area contributed by atoms with Crippen molar-refractivity contribution in [3.63, 3.8) is 0 Å². The fourth-order valence-corrected chi connectivity index (χ4v) is 2.30. The number of aryl methyl sites for hydroxylation is 3. The average Bonchev–Trinajstić information content (AvgIpc) is 2.98. The van der Waals surface area contributed by atoms with Gasteiger partial charge >= 0.3 is 0 Å². The maximum Gasteiger partial charge on any atom is 0.224 e. The summed E-state index contributed by atoms with van der Waals surface area (Å²) >= 11 is 0. The number of carbonyl (C=O) groups is 1. The molecule has 0 saturated carbocycles. The largest absolute Gasteiger partial charge is 0.469 e. The summed E-state index contributed by atoms with van der Waals surface area (Å²) in [5.74, 6) is 0.886. The predicted octanol–water partition coefficient (Wildman–Crippen LogP) is 3.98. The molecule has 0 atom stereocenters. The summed E-state index contributed by atoms with van der Waals surface area (Å²) < 4.78 is 5.24. The van der Waals surface area contributed by atoms with Crippen LogP contribution in [0.4, 0.5) is 5.69 Å². The first-order chi connectivity index (χ1) is 9.74. The Bertz CT molecular complexity index is 536. The molecule has 0 spiro atoms. The van der Waals surface area contributed by atoms with E-state index in [1.807, 2.05) is 12.1 Å². The Morgan fingerprint density at radius 2 is 1.80 bits per heavy atom. The molecule has 0 unspecified atom stereocenters. The van der Waals surface area contributed by atoms with E-state index < -0.39 is 0 Å². The molecule has 1 N–H and O–H groups in total. The van der Waals surface area contributed by atoms with Gasteiger partial charge in [-0.2, -0.15) is 0 Å². The summed E-state index contributed by atoms with van der Waals surface area (Å²) in [6, 6.07) is 9.93. The Labute approximate surface area is 120 Å². The molecule has 106 valence electrons. The molecular weight excluding hydrogens is 250 g/mol. The molecule has 2 aromatic rings. The Balaban J connectivity index is 2.03. The highest BCUT2D eigenvalue weighted by Crippen LogP contribution is 2.22. The SMILES string of the molecule is CCc1cccc(CC)c1NC(=O)CCc1ccco1. The van der Waals surface area contributed by atoms with E-state index in [9.17, 15) is 4.79 Å². The van der Waals surface area contributed by atoms with Crippen molar-refractivity contribution in [2.24, 2.45) is 0 Å². The summed E-state index contributed by atoms with van der Waals surface area (Å²) in [6.07, 6.45) is 4.54. The van der Waals surface area contributed by atoms with E-state index in [4.69, 9.17) is 4.42 Å². The zero-order valence-electron chi connectivity index (χ0n) is 12.1. The fourth-order valence-electron chi connectivity index (χ4n) is 2.30. The minimum absolute atomic E-state index is 0.0389. The standard InChI is InChI=1S/C17H21NO2/c1-3-13-7-5-8-14(4-2)17(13)18-16(19)11-10-15-9-6-12-20-15/h5-9,12H,3-4,10-11H2,1-2H3,(H,18,19). The van der Waals surface area contributed by atoms with Crippen molar-refractivity contribution in [3.05, 3.63) is 53.5 Å². The van der Waals surface area contributed by atoms with Crippen LogP contribution in [0.3, 0.4) is 0 Å². The zero-order chi connectivity index (χ0) is 14.4. The number of hydrogen-bond donors (Lipinski definition) is 1. The second kappa shape index (κ2) is 6.94. The van der Waals surface area contributed by atoms with Crippen molar-refractivity contribution >= 4 is 11.6 Å². The van der Waals surface area contributed by atoms with Crippen molar-refractivity contribution in [2.45, 2.75) is 39.5 Å². The van der Waals surface area contributed by atoms with Crippen molar-refractivity contribution in [1.29, 1.82) is 0 Å². The number of carbonyl (C=O) groups excluding carboxylic acids is 1. The molecule has 1 amide bonds. The molecule has 0 saturated heterocycles. The highest BCUT2D eigenvalue weighted by molar-refractivity contribution is 5.92. The van der Waals surface area contributed by atoms with Crippen LogP contribution >= 0.6 is 0 Å². The van der Waals surface area contributed by atoms with Crippen LogP contribution in [-0.2, 0) is 24.1 Å². The molecule has 3 heteroatoms. The average molecular weight is 271 g/mol. The molecule has 0 aliphatic carbocycles. The van der Waals surface area contributed by atoms with E-state index in [0.29, 0.717) is 12.8 Å². The molecule has 1 aromatic carbocycles. The molecular formula is C17H21NO2. The molecule has 3 nitrogen and oxygen atoms in total. The van der Waals surface area contributed by atoms with E-state index in [-0.39, 0.29) is 5.91 Å². The summed E-state index contributed by atoms with van der Waals surface area (Å²) in [5.41, 5.74) is 3.37. The first-order valence-corrected chi connectivity index (χ1v) is 7.17. The maximum atomic E-state index is 12.1. The van der Waals surface area contributed by atoms with E-state index in [2.05, 4.69) is 37.4 Å². The fraction of sp³-hybridized carbons (Fsp3) is 0.353. The third-order valence-corrected chi connectivity index (χ3v) is 3.44. The van der Waals surface area contributed by atoms with Crippen LogP contribution < -0.4 is 5.32 Å². The summed E-state index contributed by atoms with van der Waals surface area (Å²) in [4.78, 5) is 12.1. The topological polar surface area (TPSA) is 42.2 Å². The summed E-state index contributed by atoms with van der Waals surface area (Å²) in [5, 5.41) is 3.06. The molecule has 0 radical (unpaired) electrons. The van der Waals surface area contributed by atoms with Crippen LogP contribution in [-0.4, -0.2) is 5.91 Å².